The van der Waals surface area contributed by atoms with Crippen molar-refractivity contribution in [3.8, 4) is 0 Å². The summed E-state index contributed by atoms with van der Waals surface area (Å²) in [5, 5.41) is 8.00. The molecule has 0 saturated carbocycles. The molecule has 2 N–H and O–H groups in total. The number of amides is 3. The van der Waals surface area contributed by atoms with Crippen molar-refractivity contribution in [1.82, 2.24) is 10.2 Å². The van der Waals surface area contributed by atoms with E-state index in [0.717, 1.165) is 34.7 Å². The zero-order chi connectivity index (χ0) is 32.4. The van der Waals surface area contributed by atoms with Crippen LogP contribution in [-0.4, -0.2) is 41.0 Å². The second-order valence-electron chi connectivity index (χ2n) is 12.5. The minimum Gasteiger partial charge on any atom is -0.444 e. The average molecular weight is 608 g/mol. The molecule has 0 aliphatic heterocycles. The number of rotatable bonds is 12. The third-order valence-electron chi connectivity index (χ3n) is 7.49. The largest absolute Gasteiger partial charge is 0.444 e. The molecule has 0 radical (unpaired) electrons. The van der Waals surface area contributed by atoms with Gasteiger partial charge in [0, 0.05) is 18.7 Å². The fourth-order valence-corrected chi connectivity index (χ4v) is 5.39. The first-order chi connectivity index (χ1) is 21.5. The highest BCUT2D eigenvalue weighted by Crippen LogP contribution is 2.27. The molecule has 0 fully saturated rings. The monoisotopic (exact) mass is 607 g/mol. The molecule has 236 valence electrons. The van der Waals surface area contributed by atoms with Crippen molar-refractivity contribution in [2.45, 2.75) is 78.0 Å². The summed E-state index contributed by atoms with van der Waals surface area (Å²) in [5.74, 6) is -0.669. The standard InChI is InChI=1S/C38H45N3O4/c1-6-7-13-23-41(36(43)33(25-28-16-9-8-10-17-28)40-37(44)45-38(3,4)5)34(31-20-14-15-27(2)24-31)35(42)39-32-22-21-29-18-11-12-19-30(29)26-32/h8-12,14-22,24,26,33-34H,6-7,13,23,25H2,1-5H3,(H,39,42)(H,40,44). The van der Waals surface area contributed by atoms with E-state index in [9.17, 15) is 14.4 Å². The maximum absolute atomic E-state index is 14.7. The van der Waals surface area contributed by atoms with Gasteiger partial charge in [0.25, 0.3) is 5.91 Å². The van der Waals surface area contributed by atoms with Crippen LogP contribution >= 0.6 is 0 Å². The quantitative estimate of drug-likeness (QED) is 0.160. The number of ether oxygens (including phenoxy) is 1. The number of benzene rings is 4. The predicted molar refractivity (Wildman–Crippen MR) is 181 cm³/mol. The molecular weight excluding hydrogens is 562 g/mol. The number of hydrogen-bond acceptors (Lipinski definition) is 4. The van der Waals surface area contributed by atoms with Gasteiger partial charge in [0.1, 0.15) is 17.7 Å². The van der Waals surface area contributed by atoms with Gasteiger partial charge in [0.2, 0.25) is 5.91 Å². The number of nitrogens with one attached hydrogen (secondary N) is 2. The maximum Gasteiger partial charge on any atom is 0.408 e. The van der Waals surface area contributed by atoms with E-state index < -0.39 is 23.8 Å². The molecule has 0 aliphatic rings. The molecule has 4 rings (SSSR count). The maximum atomic E-state index is 14.7. The molecule has 2 atom stereocenters. The first-order valence-electron chi connectivity index (χ1n) is 15.7. The van der Waals surface area contributed by atoms with Gasteiger partial charge in [-0.25, -0.2) is 4.79 Å². The Morgan fingerprint density at radius 3 is 2.22 bits per heavy atom. The Hall–Kier alpha value is -4.65. The second kappa shape index (κ2) is 15.4. The summed E-state index contributed by atoms with van der Waals surface area (Å²) in [6.45, 7) is 9.75. The van der Waals surface area contributed by atoms with E-state index in [1.54, 1.807) is 25.7 Å². The average Bonchev–Trinajstić information content (AvgIpc) is 2.99. The van der Waals surface area contributed by atoms with Crippen LogP contribution in [0.3, 0.4) is 0 Å². The zero-order valence-corrected chi connectivity index (χ0v) is 27.0. The van der Waals surface area contributed by atoms with E-state index in [4.69, 9.17) is 4.74 Å². The summed E-state index contributed by atoms with van der Waals surface area (Å²) in [7, 11) is 0. The first-order valence-corrected chi connectivity index (χ1v) is 15.7. The Balaban J connectivity index is 1.74. The summed E-state index contributed by atoms with van der Waals surface area (Å²) in [6, 6.07) is 29.1. The Morgan fingerprint density at radius 1 is 0.822 bits per heavy atom. The number of alkyl carbamates (subject to hydrolysis) is 1. The van der Waals surface area contributed by atoms with Crippen LogP contribution in [0.15, 0.2) is 97.1 Å². The van der Waals surface area contributed by atoms with Crippen molar-refractivity contribution in [2.75, 3.05) is 11.9 Å². The van der Waals surface area contributed by atoms with Gasteiger partial charge in [-0.2, -0.15) is 0 Å². The fourth-order valence-electron chi connectivity index (χ4n) is 5.39. The van der Waals surface area contributed by atoms with Gasteiger partial charge in [-0.15, -0.1) is 0 Å². The normalized spacial score (nSPS) is 12.6. The lowest BCUT2D eigenvalue weighted by molar-refractivity contribution is -0.140. The van der Waals surface area contributed by atoms with E-state index in [-0.39, 0.29) is 18.2 Å². The third kappa shape index (κ3) is 9.67. The number of unbranched alkanes of at least 4 members (excludes halogenated alkanes) is 2. The molecule has 0 heterocycles. The van der Waals surface area contributed by atoms with E-state index in [1.807, 2.05) is 104 Å². The molecular formula is C38H45N3O4. The van der Waals surface area contributed by atoms with Crippen LogP contribution < -0.4 is 10.6 Å². The van der Waals surface area contributed by atoms with E-state index in [2.05, 4.69) is 17.6 Å². The van der Waals surface area contributed by atoms with E-state index in [1.165, 1.54) is 0 Å². The molecule has 3 amide bonds. The smallest absolute Gasteiger partial charge is 0.408 e. The lowest BCUT2D eigenvalue weighted by atomic mass is 9.98. The van der Waals surface area contributed by atoms with Crippen molar-refractivity contribution in [1.29, 1.82) is 0 Å². The van der Waals surface area contributed by atoms with Gasteiger partial charge < -0.3 is 20.3 Å². The lowest BCUT2D eigenvalue weighted by Gasteiger charge is -2.35. The minimum atomic E-state index is -0.954. The summed E-state index contributed by atoms with van der Waals surface area (Å²) in [5.41, 5.74) is 2.46. The van der Waals surface area contributed by atoms with Gasteiger partial charge in [0.15, 0.2) is 0 Å². The summed E-state index contributed by atoms with van der Waals surface area (Å²) >= 11 is 0. The molecule has 4 aromatic carbocycles. The number of carbonyl (C=O) groups is 3. The zero-order valence-electron chi connectivity index (χ0n) is 27.0. The van der Waals surface area contributed by atoms with E-state index in [0.29, 0.717) is 24.2 Å². The molecule has 0 spiro atoms. The van der Waals surface area contributed by atoms with Crippen molar-refractivity contribution in [3.05, 3.63) is 114 Å². The molecule has 0 aliphatic carbocycles. The predicted octanol–water partition coefficient (Wildman–Crippen LogP) is 7.98. The minimum absolute atomic E-state index is 0.246. The summed E-state index contributed by atoms with van der Waals surface area (Å²) < 4.78 is 5.56. The number of carbonyl (C=O) groups excluding carboxylic acids is 3. The molecule has 0 bridgehead atoms. The summed E-state index contributed by atoms with van der Waals surface area (Å²) in [4.78, 5) is 43.6. The Morgan fingerprint density at radius 2 is 1.53 bits per heavy atom. The van der Waals surface area contributed by atoms with Crippen LogP contribution in [0.2, 0.25) is 0 Å². The van der Waals surface area contributed by atoms with Gasteiger partial charge in [0.05, 0.1) is 0 Å². The van der Waals surface area contributed by atoms with Crippen LogP contribution in [-0.2, 0) is 20.7 Å². The highest BCUT2D eigenvalue weighted by Gasteiger charge is 2.36. The highest BCUT2D eigenvalue weighted by molar-refractivity contribution is 6.00. The van der Waals surface area contributed by atoms with Crippen molar-refractivity contribution >= 4 is 34.4 Å². The molecule has 0 aromatic heterocycles. The second-order valence-corrected chi connectivity index (χ2v) is 12.5. The third-order valence-corrected chi connectivity index (χ3v) is 7.49. The lowest BCUT2D eigenvalue weighted by Crippen LogP contribution is -2.53. The number of fused-ring (bicyclic) bond motifs is 1. The van der Waals surface area contributed by atoms with Gasteiger partial charge in [-0.05, 0) is 68.1 Å². The Labute approximate surface area is 267 Å². The number of aryl methyl sites for hydroxylation is 1. The van der Waals surface area contributed by atoms with E-state index >= 15 is 0 Å². The Bertz CT molecular complexity index is 1600. The number of hydrogen-bond donors (Lipinski definition) is 2. The highest BCUT2D eigenvalue weighted by atomic mass is 16.6. The first kappa shape index (κ1) is 33.2. The van der Waals surface area contributed by atoms with Gasteiger partial charge in [-0.1, -0.05) is 110 Å². The van der Waals surface area contributed by atoms with Crippen LogP contribution in [0.25, 0.3) is 10.8 Å². The molecule has 45 heavy (non-hydrogen) atoms. The molecule has 7 nitrogen and oxygen atoms in total. The number of anilines is 1. The van der Waals surface area contributed by atoms with Crippen LogP contribution in [0.4, 0.5) is 10.5 Å². The molecule has 2 unspecified atom stereocenters. The molecule has 7 heteroatoms. The van der Waals surface area contributed by atoms with Gasteiger partial charge >= 0.3 is 6.09 Å². The van der Waals surface area contributed by atoms with Crippen LogP contribution in [0, 0.1) is 6.92 Å². The van der Waals surface area contributed by atoms with Crippen LogP contribution in [0.5, 0.6) is 0 Å². The Kier molecular flexibility index (Phi) is 11.4. The fraction of sp³-hybridized carbons (Fsp3) is 0.342. The summed E-state index contributed by atoms with van der Waals surface area (Å²) in [6.07, 6.45) is 2.11. The SMILES string of the molecule is CCCCCN(C(=O)C(Cc1ccccc1)NC(=O)OC(C)(C)C)C(C(=O)Nc1ccc2ccccc2c1)c1cccc(C)c1. The molecule has 4 aromatic rings. The van der Waals surface area contributed by atoms with Gasteiger partial charge in [-0.3, -0.25) is 9.59 Å². The van der Waals surface area contributed by atoms with Crippen molar-refractivity contribution < 1.29 is 19.1 Å². The topological polar surface area (TPSA) is 87.7 Å². The van der Waals surface area contributed by atoms with Crippen molar-refractivity contribution in [3.63, 3.8) is 0 Å². The van der Waals surface area contributed by atoms with Crippen LogP contribution in [0.1, 0.15) is 69.7 Å². The number of nitrogens with zero attached hydrogens (tertiary/aromatic N) is 1. The molecule has 0 saturated heterocycles. The van der Waals surface area contributed by atoms with Crippen molar-refractivity contribution in [2.24, 2.45) is 0 Å².